The quantitative estimate of drug-likeness (QED) is 0.745. The molecular weight excluding hydrogens is 320 g/mol. The van der Waals surface area contributed by atoms with Crippen molar-refractivity contribution in [2.75, 3.05) is 26.7 Å². The van der Waals surface area contributed by atoms with Gasteiger partial charge in [-0.2, -0.15) is 5.10 Å². The summed E-state index contributed by atoms with van der Waals surface area (Å²) in [5.41, 5.74) is 1.98. The van der Waals surface area contributed by atoms with Crippen molar-refractivity contribution in [3.63, 3.8) is 0 Å². The maximum atomic E-state index is 12.1. The fourth-order valence-electron chi connectivity index (χ4n) is 3.01. The molecule has 0 bridgehead atoms. The number of ether oxygens (including phenoxy) is 1. The molecule has 0 spiro atoms. The topological polar surface area (TPSA) is 79.6 Å². The van der Waals surface area contributed by atoms with Crippen molar-refractivity contribution in [3.8, 4) is 16.9 Å². The number of amides is 1. The Morgan fingerprint density at radius 2 is 2.28 bits per heavy atom. The van der Waals surface area contributed by atoms with Gasteiger partial charge in [-0.25, -0.2) is 0 Å². The molecule has 2 atom stereocenters. The highest BCUT2D eigenvalue weighted by molar-refractivity contribution is 5.82. The lowest BCUT2D eigenvalue weighted by Gasteiger charge is -2.18. The van der Waals surface area contributed by atoms with Gasteiger partial charge in [0, 0.05) is 25.4 Å². The minimum absolute atomic E-state index is 0.0710. The number of aliphatic hydroxyl groups excluding tert-OH is 1. The SMILES string of the molecule is CN1C[C@@H](O)C[C@H]1C(=O)NCCOc1c[c]cc(-c2cnn(C)c2)c1. The average molecular weight is 343 g/mol. The molecule has 0 aliphatic carbocycles. The second-order valence-electron chi connectivity index (χ2n) is 6.34. The highest BCUT2D eigenvalue weighted by Gasteiger charge is 2.33. The lowest BCUT2D eigenvalue weighted by molar-refractivity contribution is -0.125. The van der Waals surface area contributed by atoms with Crippen LogP contribution in [0.2, 0.25) is 0 Å². The van der Waals surface area contributed by atoms with Crippen LogP contribution in [0.5, 0.6) is 5.75 Å². The van der Waals surface area contributed by atoms with Crippen LogP contribution in [-0.4, -0.2) is 64.6 Å². The van der Waals surface area contributed by atoms with Gasteiger partial charge in [-0.15, -0.1) is 0 Å². The van der Waals surface area contributed by atoms with Crippen LogP contribution < -0.4 is 10.1 Å². The van der Waals surface area contributed by atoms with Crippen molar-refractivity contribution in [2.24, 2.45) is 7.05 Å². The van der Waals surface area contributed by atoms with Gasteiger partial charge in [-0.3, -0.25) is 14.4 Å². The molecule has 2 aromatic rings. The number of likely N-dealkylation sites (tertiary alicyclic amines) is 1. The molecule has 1 radical (unpaired) electrons. The van der Waals surface area contributed by atoms with E-state index in [0.29, 0.717) is 31.9 Å². The van der Waals surface area contributed by atoms with E-state index in [4.69, 9.17) is 4.74 Å². The van der Waals surface area contributed by atoms with E-state index in [1.807, 2.05) is 37.3 Å². The summed E-state index contributed by atoms with van der Waals surface area (Å²) in [5, 5.41) is 16.6. The summed E-state index contributed by atoms with van der Waals surface area (Å²) in [7, 11) is 3.72. The number of rotatable bonds is 6. The van der Waals surface area contributed by atoms with E-state index in [9.17, 15) is 9.90 Å². The molecule has 25 heavy (non-hydrogen) atoms. The summed E-state index contributed by atoms with van der Waals surface area (Å²) >= 11 is 0. The smallest absolute Gasteiger partial charge is 0.237 e. The zero-order valence-electron chi connectivity index (χ0n) is 14.5. The molecule has 0 unspecified atom stereocenters. The first-order valence-electron chi connectivity index (χ1n) is 8.32. The van der Waals surface area contributed by atoms with Gasteiger partial charge < -0.3 is 15.2 Å². The first-order valence-corrected chi connectivity index (χ1v) is 8.32. The first-order chi connectivity index (χ1) is 12.0. The number of aliphatic hydroxyl groups is 1. The number of hydrogen-bond donors (Lipinski definition) is 2. The second kappa shape index (κ2) is 7.67. The van der Waals surface area contributed by atoms with Crippen molar-refractivity contribution in [2.45, 2.75) is 18.6 Å². The highest BCUT2D eigenvalue weighted by Crippen LogP contribution is 2.22. The second-order valence-corrected chi connectivity index (χ2v) is 6.34. The van der Waals surface area contributed by atoms with E-state index in [-0.39, 0.29) is 11.9 Å². The Morgan fingerprint density at radius 3 is 2.96 bits per heavy atom. The van der Waals surface area contributed by atoms with Gasteiger partial charge in [-0.05, 0) is 43.3 Å². The Bertz CT molecular complexity index is 731. The molecule has 1 amide bonds. The van der Waals surface area contributed by atoms with Crippen LogP contribution in [0, 0.1) is 6.07 Å². The summed E-state index contributed by atoms with van der Waals surface area (Å²) in [5.74, 6) is 0.627. The predicted molar refractivity (Wildman–Crippen MR) is 93.0 cm³/mol. The third-order valence-corrected chi connectivity index (χ3v) is 4.30. The monoisotopic (exact) mass is 343 g/mol. The van der Waals surface area contributed by atoms with Crippen LogP contribution in [0.3, 0.4) is 0 Å². The third kappa shape index (κ3) is 4.37. The van der Waals surface area contributed by atoms with Gasteiger partial charge >= 0.3 is 0 Å². The maximum Gasteiger partial charge on any atom is 0.237 e. The molecule has 2 N–H and O–H groups in total. The molecule has 1 fully saturated rings. The summed E-state index contributed by atoms with van der Waals surface area (Å²) in [4.78, 5) is 14.0. The first kappa shape index (κ1) is 17.4. The van der Waals surface area contributed by atoms with Crippen LogP contribution >= 0.6 is 0 Å². The molecule has 3 rings (SSSR count). The number of hydrogen-bond acceptors (Lipinski definition) is 5. The number of nitrogens with one attached hydrogen (secondary N) is 1. The molecule has 7 nitrogen and oxygen atoms in total. The number of likely N-dealkylation sites (N-methyl/N-ethyl adjacent to an activating group) is 1. The zero-order valence-corrected chi connectivity index (χ0v) is 14.5. The van der Waals surface area contributed by atoms with Crippen molar-refractivity contribution in [3.05, 3.63) is 36.7 Å². The van der Waals surface area contributed by atoms with E-state index >= 15 is 0 Å². The summed E-state index contributed by atoms with van der Waals surface area (Å²) in [6.07, 6.45) is 3.77. The number of β-amino-alcohol motifs (C(OH)–C–C–N with tert-alkyl or cyclic N) is 1. The van der Waals surface area contributed by atoms with Crippen molar-refractivity contribution >= 4 is 5.91 Å². The van der Waals surface area contributed by atoms with Crippen molar-refractivity contribution in [1.29, 1.82) is 0 Å². The normalized spacial score (nSPS) is 20.6. The molecule has 1 aromatic carbocycles. The zero-order chi connectivity index (χ0) is 17.8. The molecule has 7 heteroatoms. The van der Waals surface area contributed by atoms with Gasteiger partial charge in [0.05, 0.1) is 24.9 Å². The maximum absolute atomic E-state index is 12.1. The minimum Gasteiger partial charge on any atom is -0.492 e. The Hall–Kier alpha value is -2.38. The lowest BCUT2D eigenvalue weighted by Crippen LogP contribution is -2.42. The molecular formula is C18H23N4O3. The third-order valence-electron chi connectivity index (χ3n) is 4.30. The largest absolute Gasteiger partial charge is 0.492 e. The fraction of sp³-hybridized carbons (Fsp3) is 0.444. The molecule has 1 aliphatic rings. The Labute approximate surface area is 147 Å². The Kier molecular flexibility index (Phi) is 5.35. The van der Waals surface area contributed by atoms with E-state index < -0.39 is 6.10 Å². The van der Waals surface area contributed by atoms with E-state index in [1.54, 1.807) is 16.9 Å². The van der Waals surface area contributed by atoms with Gasteiger partial charge in [0.15, 0.2) is 0 Å². The lowest BCUT2D eigenvalue weighted by atomic mass is 10.1. The predicted octanol–water partition coefficient (Wildman–Crippen LogP) is 0.447. The van der Waals surface area contributed by atoms with Crippen LogP contribution in [0.1, 0.15) is 6.42 Å². The van der Waals surface area contributed by atoms with E-state index in [0.717, 1.165) is 11.1 Å². The Balaban J connectivity index is 1.47. The number of carbonyl (C=O) groups is 1. The van der Waals surface area contributed by atoms with Crippen LogP contribution in [0.25, 0.3) is 11.1 Å². The number of aromatic nitrogens is 2. The van der Waals surface area contributed by atoms with Crippen LogP contribution in [0.15, 0.2) is 30.6 Å². The van der Waals surface area contributed by atoms with Gasteiger partial charge in [0.25, 0.3) is 0 Å². The van der Waals surface area contributed by atoms with Gasteiger partial charge in [0.2, 0.25) is 5.91 Å². The molecule has 1 saturated heterocycles. The molecule has 1 aliphatic heterocycles. The molecule has 1 aromatic heterocycles. The van der Waals surface area contributed by atoms with E-state index in [2.05, 4.69) is 16.5 Å². The molecule has 2 heterocycles. The summed E-state index contributed by atoms with van der Waals surface area (Å²) < 4.78 is 7.45. The number of nitrogens with zero attached hydrogens (tertiary/aromatic N) is 3. The summed E-state index contributed by atoms with van der Waals surface area (Å²) in [6.45, 7) is 1.32. The van der Waals surface area contributed by atoms with E-state index in [1.165, 1.54) is 0 Å². The standard InChI is InChI=1S/C18H23N4O3/c1-21-12-15(23)9-17(21)18(24)19-6-7-25-16-5-3-4-13(8-16)14-10-20-22(2)11-14/h4-5,8,10-11,15,17,23H,6-7,9,12H2,1-2H3,(H,19,24)/t15-,17-/m0/s1. The van der Waals surface area contributed by atoms with Crippen LogP contribution in [-0.2, 0) is 11.8 Å². The van der Waals surface area contributed by atoms with Gasteiger partial charge in [0.1, 0.15) is 12.4 Å². The van der Waals surface area contributed by atoms with Gasteiger partial charge in [-0.1, -0.05) is 0 Å². The van der Waals surface area contributed by atoms with Crippen molar-refractivity contribution < 1.29 is 14.6 Å². The summed E-state index contributed by atoms with van der Waals surface area (Å²) in [6, 6.07) is 8.37. The fourth-order valence-corrected chi connectivity index (χ4v) is 3.01. The number of benzene rings is 1. The highest BCUT2D eigenvalue weighted by atomic mass is 16.5. The molecule has 133 valence electrons. The Morgan fingerprint density at radius 1 is 1.44 bits per heavy atom. The number of aryl methyl sites for hydroxylation is 1. The molecule has 0 saturated carbocycles. The average Bonchev–Trinajstić information content (AvgIpc) is 3.17. The van der Waals surface area contributed by atoms with Crippen LogP contribution in [0.4, 0.5) is 0 Å². The minimum atomic E-state index is -0.428. The van der Waals surface area contributed by atoms with Crippen molar-refractivity contribution in [1.82, 2.24) is 20.0 Å². The number of carbonyl (C=O) groups excluding carboxylic acids is 1.